The molecule has 1 atom stereocenters. The maximum Gasteiger partial charge on any atom is 0.325 e. The van der Waals surface area contributed by atoms with Gasteiger partial charge in [0.2, 0.25) is 0 Å². The van der Waals surface area contributed by atoms with Crippen LogP contribution in [-0.4, -0.2) is 22.9 Å². The summed E-state index contributed by atoms with van der Waals surface area (Å²) in [6.45, 7) is 14.9. The van der Waals surface area contributed by atoms with Crippen molar-refractivity contribution in [2.24, 2.45) is 5.92 Å². The number of benzene rings is 1. The topological polar surface area (TPSA) is 49.4 Å². The Hall–Kier alpha value is -1.84. The minimum atomic E-state index is -0.406. The van der Waals surface area contributed by atoms with Crippen molar-refractivity contribution in [2.45, 2.75) is 66.5 Å². The second kappa shape index (κ2) is 5.99. The van der Waals surface area contributed by atoms with E-state index in [0.29, 0.717) is 6.54 Å². The lowest BCUT2D eigenvalue weighted by Gasteiger charge is -2.23. The Morgan fingerprint density at radius 2 is 1.65 bits per heavy atom. The SMILES string of the molecule is Cc1cc(C(C)(C)C)cc(C)c1CN1C(=O)N[C@H](C(C)C)C1=O. The fourth-order valence-corrected chi connectivity index (χ4v) is 2.98. The highest BCUT2D eigenvalue weighted by molar-refractivity contribution is 6.04. The number of amides is 3. The van der Waals surface area contributed by atoms with Crippen molar-refractivity contribution in [3.8, 4) is 0 Å². The molecule has 0 unspecified atom stereocenters. The van der Waals surface area contributed by atoms with Crippen LogP contribution in [-0.2, 0) is 16.8 Å². The standard InChI is InChI=1S/C19H28N2O2/c1-11(2)16-17(22)21(18(23)20-16)10-15-12(3)8-14(9-13(15)4)19(5,6)7/h8-9,11,16H,10H2,1-7H3,(H,20,23)/t16-/m1/s1. The first kappa shape index (κ1) is 17.5. The van der Waals surface area contributed by atoms with E-state index >= 15 is 0 Å². The molecule has 1 heterocycles. The number of carbonyl (C=O) groups is 2. The second-order valence-electron chi connectivity index (χ2n) is 7.93. The van der Waals surface area contributed by atoms with Gasteiger partial charge in [-0.3, -0.25) is 9.69 Å². The van der Waals surface area contributed by atoms with Gasteiger partial charge in [0.15, 0.2) is 0 Å². The molecule has 3 amide bonds. The molecule has 1 aliphatic heterocycles. The van der Waals surface area contributed by atoms with Crippen LogP contribution < -0.4 is 5.32 Å². The highest BCUT2D eigenvalue weighted by Crippen LogP contribution is 2.28. The van der Waals surface area contributed by atoms with E-state index in [9.17, 15) is 9.59 Å². The summed E-state index contributed by atoms with van der Waals surface area (Å²) in [5, 5.41) is 2.79. The predicted octanol–water partition coefficient (Wildman–Crippen LogP) is 3.68. The molecule has 0 radical (unpaired) electrons. The summed E-state index contributed by atoms with van der Waals surface area (Å²) in [6.07, 6.45) is 0. The van der Waals surface area contributed by atoms with Gasteiger partial charge in [0.25, 0.3) is 5.91 Å². The molecule has 1 saturated heterocycles. The zero-order valence-electron chi connectivity index (χ0n) is 15.3. The zero-order valence-corrected chi connectivity index (χ0v) is 15.3. The van der Waals surface area contributed by atoms with Crippen molar-refractivity contribution in [3.63, 3.8) is 0 Å². The highest BCUT2D eigenvalue weighted by atomic mass is 16.2. The molecule has 0 saturated carbocycles. The Balaban J connectivity index is 2.31. The molecule has 4 nitrogen and oxygen atoms in total. The van der Waals surface area contributed by atoms with Crippen LogP contribution in [0.25, 0.3) is 0 Å². The highest BCUT2D eigenvalue weighted by Gasteiger charge is 2.39. The molecule has 1 N–H and O–H groups in total. The monoisotopic (exact) mass is 316 g/mol. The van der Waals surface area contributed by atoms with Crippen molar-refractivity contribution in [2.75, 3.05) is 0 Å². The summed E-state index contributed by atoms with van der Waals surface area (Å²) in [5.41, 5.74) is 4.67. The van der Waals surface area contributed by atoms with Gasteiger partial charge in [0.1, 0.15) is 6.04 Å². The van der Waals surface area contributed by atoms with Gasteiger partial charge in [0.05, 0.1) is 6.54 Å². The van der Waals surface area contributed by atoms with E-state index in [1.165, 1.54) is 10.5 Å². The van der Waals surface area contributed by atoms with Gasteiger partial charge in [-0.1, -0.05) is 46.8 Å². The van der Waals surface area contributed by atoms with E-state index in [2.05, 4.69) is 52.1 Å². The molecule has 126 valence electrons. The molecule has 23 heavy (non-hydrogen) atoms. The van der Waals surface area contributed by atoms with E-state index < -0.39 is 6.04 Å². The second-order valence-corrected chi connectivity index (χ2v) is 7.93. The summed E-state index contributed by atoms with van der Waals surface area (Å²) >= 11 is 0. The molecule has 2 rings (SSSR count). The van der Waals surface area contributed by atoms with Gasteiger partial charge in [-0.2, -0.15) is 0 Å². The molecule has 1 fully saturated rings. The average Bonchev–Trinajstić information content (AvgIpc) is 2.68. The van der Waals surface area contributed by atoms with Gasteiger partial charge < -0.3 is 5.32 Å². The molecule has 0 aromatic heterocycles. The third-order valence-electron chi connectivity index (χ3n) is 4.60. The summed E-state index contributed by atoms with van der Waals surface area (Å²) < 4.78 is 0. The van der Waals surface area contributed by atoms with E-state index in [4.69, 9.17) is 0 Å². The maximum atomic E-state index is 12.5. The van der Waals surface area contributed by atoms with E-state index in [-0.39, 0.29) is 23.3 Å². The number of aryl methyl sites for hydroxylation is 2. The Labute approximate surface area is 139 Å². The third-order valence-corrected chi connectivity index (χ3v) is 4.60. The molecule has 0 aliphatic carbocycles. The van der Waals surface area contributed by atoms with Crippen LogP contribution in [0.3, 0.4) is 0 Å². The summed E-state index contributed by atoms with van der Waals surface area (Å²) in [7, 11) is 0. The Morgan fingerprint density at radius 1 is 1.13 bits per heavy atom. The van der Waals surface area contributed by atoms with E-state index in [0.717, 1.165) is 16.7 Å². The minimum absolute atomic E-state index is 0.0810. The third kappa shape index (κ3) is 3.41. The number of imide groups is 1. The molecular formula is C19H28N2O2. The normalized spacial score (nSPS) is 18.8. The largest absolute Gasteiger partial charge is 0.326 e. The lowest BCUT2D eigenvalue weighted by molar-refractivity contribution is -0.128. The summed E-state index contributed by atoms with van der Waals surface area (Å²) in [5.74, 6) is -0.0226. The molecule has 0 bridgehead atoms. The van der Waals surface area contributed by atoms with Crippen LogP contribution in [0.4, 0.5) is 4.79 Å². The fraction of sp³-hybridized carbons (Fsp3) is 0.579. The van der Waals surface area contributed by atoms with Crippen LogP contribution in [0.5, 0.6) is 0 Å². The lowest BCUT2D eigenvalue weighted by atomic mass is 9.83. The van der Waals surface area contributed by atoms with Crippen molar-refractivity contribution in [1.29, 1.82) is 0 Å². The van der Waals surface area contributed by atoms with Gasteiger partial charge in [-0.05, 0) is 47.4 Å². The number of urea groups is 1. The summed E-state index contributed by atoms with van der Waals surface area (Å²) in [6, 6.07) is 3.64. The van der Waals surface area contributed by atoms with Gasteiger partial charge >= 0.3 is 6.03 Å². The number of nitrogens with one attached hydrogen (secondary N) is 1. The summed E-state index contributed by atoms with van der Waals surface area (Å²) in [4.78, 5) is 25.9. The molecule has 1 aliphatic rings. The quantitative estimate of drug-likeness (QED) is 0.865. The number of carbonyl (C=O) groups excluding carboxylic acids is 2. The number of hydrogen-bond donors (Lipinski definition) is 1. The van der Waals surface area contributed by atoms with Crippen LogP contribution in [0.15, 0.2) is 12.1 Å². The predicted molar refractivity (Wildman–Crippen MR) is 92.3 cm³/mol. The van der Waals surface area contributed by atoms with Crippen molar-refractivity contribution < 1.29 is 9.59 Å². The molecule has 0 spiro atoms. The molecular weight excluding hydrogens is 288 g/mol. The molecule has 1 aromatic carbocycles. The zero-order chi connectivity index (χ0) is 17.5. The van der Waals surface area contributed by atoms with Crippen molar-refractivity contribution in [1.82, 2.24) is 10.2 Å². The smallest absolute Gasteiger partial charge is 0.325 e. The first-order chi connectivity index (χ1) is 10.5. The van der Waals surface area contributed by atoms with Crippen molar-refractivity contribution >= 4 is 11.9 Å². The van der Waals surface area contributed by atoms with Crippen LogP contribution in [0, 0.1) is 19.8 Å². The number of nitrogens with zero attached hydrogens (tertiary/aromatic N) is 1. The van der Waals surface area contributed by atoms with Crippen LogP contribution in [0.2, 0.25) is 0 Å². The number of rotatable bonds is 3. The Morgan fingerprint density at radius 3 is 2.04 bits per heavy atom. The number of hydrogen-bond acceptors (Lipinski definition) is 2. The van der Waals surface area contributed by atoms with Crippen LogP contribution in [0.1, 0.15) is 56.9 Å². The van der Waals surface area contributed by atoms with Crippen LogP contribution >= 0.6 is 0 Å². The maximum absolute atomic E-state index is 12.5. The van der Waals surface area contributed by atoms with E-state index in [1.54, 1.807) is 0 Å². The first-order valence-electron chi connectivity index (χ1n) is 8.25. The molecule has 4 heteroatoms. The van der Waals surface area contributed by atoms with Gasteiger partial charge in [-0.15, -0.1) is 0 Å². The Bertz CT molecular complexity index is 618. The van der Waals surface area contributed by atoms with Gasteiger partial charge in [-0.25, -0.2) is 4.79 Å². The van der Waals surface area contributed by atoms with Gasteiger partial charge in [0, 0.05) is 0 Å². The van der Waals surface area contributed by atoms with E-state index in [1.807, 2.05) is 13.8 Å². The van der Waals surface area contributed by atoms with Crippen molar-refractivity contribution in [3.05, 3.63) is 34.4 Å². The first-order valence-corrected chi connectivity index (χ1v) is 8.25. The average molecular weight is 316 g/mol. The Kier molecular flexibility index (Phi) is 4.56. The fourth-order valence-electron chi connectivity index (χ4n) is 2.98. The lowest BCUT2D eigenvalue weighted by Crippen LogP contribution is -2.34. The minimum Gasteiger partial charge on any atom is -0.326 e. The molecule has 1 aromatic rings.